The maximum Gasteiger partial charge on any atom is 0.490 e. The lowest BCUT2D eigenvalue weighted by Crippen LogP contribution is -2.71. The number of aliphatic carboxylic acids is 2. The number of thioether (sulfide) groups is 1. The Hall–Kier alpha value is -4.39. The number of carboxylic acids is 2. The molecule has 0 saturated carbocycles. The summed E-state index contributed by atoms with van der Waals surface area (Å²) >= 11 is 2.29. The predicted molar refractivity (Wildman–Crippen MR) is 130 cm³/mol. The first-order valence-electron chi connectivity index (χ1n) is 10.6. The van der Waals surface area contributed by atoms with Gasteiger partial charge >= 0.3 is 18.1 Å². The molecule has 0 radical (unpaired) electrons. The van der Waals surface area contributed by atoms with Crippen LogP contribution in [0.4, 0.5) is 22.7 Å². The quantitative estimate of drug-likeness (QED) is 0.100. The number of hydrogen-bond acceptors (Lipinski definition) is 11. The molecular formula is C21H17F4N5O8S2. The average molecular weight is 608 g/mol. The molecule has 214 valence electrons. The maximum absolute atomic E-state index is 13.0. The Labute approximate surface area is 228 Å². The molecule has 0 spiro atoms. The lowest BCUT2D eigenvalue weighted by atomic mass is 10.0. The van der Waals surface area contributed by atoms with E-state index in [1.165, 1.54) is 41.4 Å². The number of oxime groups is 1. The fourth-order valence-corrected chi connectivity index (χ4v) is 5.19. The molecule has 0 aliphatic carbocycles. The zero-order chi connectivity index (χ0) is 29.8. The number of carbonyl (C=O) groups excluding carboxylic acids is 2. The van der Waals surface area contributed by atoms with E-state index >= 15 is 0 Å². The van der Waals surface area contributed by atoms with Gasteiger partial charge in [-0.3, -0.25) is 14.5 Å². The summed E-state index contributed by atoms with van der Waals surface area (Å²) in [7, 11) is 0. The normalized spacial score (nSPS) is 18.6. The fourth-order valence-electron chi connectivity index (χ4n) is 3.31. The number of amides is 2. The molecule has 1 saturated heterocycles. The second kappa shape index (κ2) is 12.2. The van der Waals surface area contributed by atoms with E-state index < -0.39 is 52.9 Å². The van der Waals surface area contributed by atoms with E-state index in [0.29, 0.717) is 11.3 Å². The third kappa shape index (κ3) is 6.78. The second-order valence-electron chi connectivity index (χ2n) is 7.68. The van der Waals surface area contributed by atoms with Crippen molar-refractivity contribution in [3.05, 3.63) is 52.4 Å². The van der Waals surface area contributed by atoms with Crippen LogP contribution in [-0.4, -0.2) is 84.7 Å². The van der Waals surface area contributed by atoms with Crippen molar-refractivity contribution in [1.82, 2.24) is 15.2 Å². The Morgan fingerprint density at radius 1 is 1.23 bits per heavy atom. The molecule has 19 heteroatoms. The van der Waals surface area contributed by atoms with Crippen LogP contribution in [0.1, 0.15) is 5.69 Å². The predicted octanol–water partition coefficient (Wildman–Crippen LogP) is 1.49. The molecule has 1 aromatic carbocycles. The summed E-state index contributed by atoms with van der Waals surface area (Å²) in [6.45, 7) is -0.111. The summed E-state index contributed by atoms with van der Waals surface area (Å²) in [6.07, 6.45) is -5.08. The van der Waals surface area contributed by atoms with Gasteiger partial charge in [-0.05, 0) is 24.3 Å². The highest BCUT2D eigenvalue weighted by atomic mass is 32.2. The number of benzene rings is 1. The van der Waals surface area contributed by atoms with Gasteiger partial charge in [0.15, 0.2) is 10.8 Å². The van der Waals surface area contributed by atoms with Crippen LogP contribution in [0, 0.1) is 5.82 Å². The second-order valence-corrected chi connectivity index (χ2v) is 9.68. The van der Waals surface area contributed by atoms with Crippen LogP contribution in [0.25, 0.3) is 0 Å². The molecule has 2 aromatic rings. The molecule has 1 aromatic heterocycles. The van der Waals surface area contributed by atoms with Gasteiger partial charge in [-0.25, -0.2) is 19.0 Å². The summed E-state index contributed by atoms with van der Waals surface area (Å²) in [5.41, 5.74) is 5.30. The third-order valence-electron chi connectivity index (χ3n) is 5.09. The smallest absolute Gasteiger partial charge is 0.489 e. The van der Waals surface area contributed by atoms with E-state index in [1.54, 1.807) is 0 Å². The van der Waals surface area contributed by atoms with Crippen molar-refractivity contribution >= 4 is 57.7 Å². The van der Waals surface area contributed by atoms with Crippen LogP contribution in [-0.2, 0) is 19.2 Å². The Morgan fingerprint density at radius 2 is 1.85 bits per heavy atom. The molecule has 2 atom stereocenters. The SMILES string of the molecule is Nc1nc(/C(=N/O)C(=O)NC2C(=O)N3C(C(=O)O)=C(COc4ccc(F)cc4)CS[C@H]23)cs1.O=C(O)C(F)(F)F. The molecule has 1 unspecified atom stereocenters. The summed E-state index contributed by atoms with van der Waals surface area (Å²) < 4.78 is 50.3. The van der Waals surface area contributed by atoms with Crippen LogP contribution in [0.2, 0.25) is 0 Å². The van der Waals surface area contributed by atoms with Gasteiger partial charge in [0.2, 0.25) is 0 Å². The number of alkyl halides is 3. The molecule has 2 aliphatic rings. The average Bonchev–Trinajstić information content (AvgIpc) is 3.32. The Balaban J connectivity index is 0.000000559. The monoisotopic (exact) mass is 607 g/mol. The van der Waals surface area contributed by atoms with Crippen molar-refractivity contribution in [3.63, 3.8) is 0 Å². The van der Waals surface area contributed by atoms with Crippen molar-refractivity contribution in [2.24, 2.45) is 5.16 Å². The topological polar surface area (TPSA) is 205 Å². The van der Waals surface area contributed by atoms with E-state index in [2.05, 4.69) is 15.5 Å². The Bertz CT molecular complexity index is 1380. The van der Waals surface area contributed by atoms with E-state index in [9.17, 15) is 42.3 Å². The first-order valence-corrected chi connectivity index (χ1v) is 12.5. The highest BCUT2D eigenvalue weighted by Crippen LogP contribution is 2.40. The summed E-state index contributed by atoms with van der Waals surface area (Å²) in [6, 6.07) is 4.22. The van der Waals surface area contributed by atoms with E-state index in [0.717, 1.165) is 16.2 Å². The fraction of sp³-hybridized carbons (Fsp3) is 0.238. The van der Waals surface area contributed by atoms with Crippen LogP contribution in [0.3, 0.4) is 0 Å². The number of nitrogens with two attached hydrogens (primary N) is 1. The van der Waals surface area contributed by atoms with E-state index in [-0.39, 0.29) is 28.9 Å². The number of nitrogens with one attached hydrogen (secondary N) is 1. The molecule has 0 bridgehead atoms. The third-order valence-corrected chi connectivity index (χ3v) is 7.10. The van der Waals surface area contributed by atoms with Gasteiger partial charge in [0.1, 0.15) is 41.0 Å². The van der Waals surface area contributed by atoms with Crippen LogP contribution in [0.5, 0.6) is 5.75 Å². The van der Waals surface area contributed by atoms with Gasteiger partial charge < -0.3 is 31.2 Å². The number of anilines is 1. The Kier molecular flexibility index (Phi) is 9.20. The molecule has 13 nitrogen and oxygen atoms in total. The summed E-state index contributed by atoms with van der Waals surface area (Å²) in [5, 5.41) is 32.4. The molecule has 2 aliphatic heterocycles. The van der Waals surface area contributed by atoms with Gasteiger partial charge in [0.05, 0.1) is 0 Å². The van der Waals surface area contributed by atoms with Gasteiger partial charge in [-0.1, -0.05) is 5.16 Å². The molecule has 3 heterocycles. The van der Waals surface area contributed by atoms with Gasteiger partial charge in [-0.15, -0.1) is 23.1 Å². The number of nitrogen functional groups attached to an aromatic ring is 1. The number of carbonyl (C=O) groups is 4. The highest BCUT2D eigenvalue weighted by molar-refractivity contribution is 8.00. The van der Waals surface area contributed by atoms with Crippen LogP contribution in [0.15, 0.2) is 46.1 Å². The van der Waals surface area contributed by atoms with Crippen molar-refractivity contribution in [2.75, 3.05) is 18.1 Å². The maximum atomic E-state index is 13.0. The summed E-state index contributed by atoms with van der Waals surface area (Å²) in [4.78, 5) is 51.0. The molecular weight excluding hydrogens is 590 g/mol. The number of nitrogens with zero attached hydrogens (tertiary/aromatic N) is 3. The lowest BCUT2D eigenvalue weighted by Gasteiger charge is -2.49. The minimum atomic E-state index is -5.08. The number of hydrogen-bond donors (Lipinski definition) is 5. The number of aromatic nitrogens is 1. The Morgan fingerprint density at radius 3 is 2.35 bits per heavy atom. The van der Waals surface area contributed by atoms with Crippen LogP contribution < -0.4 is 15.8 Å². The number of β-lactam (4-membered cyclic amide) rings is 1. The number of fused-ring (bicyclic) bond motifs is 1. The first kappa shape index (κ1) is 30.2. The zero-order valence-electron chi connectivity index (χ0n) is 19.6. The van der Waals surface area contributed by atoms with Crippen molar-refractivity contribution < 1.29 is 56.9 Å². The largest absolute Gasteiger partial charge is 0.490 e. The minimum absolute atomic E-state index is 0.0452. The van der Waals surface area contributed by atoms with Gasteiger partial charge in [0, 0.05) is 16.7 Å². The highest BCUT2D eigenvalue weighted by Gasteiger charge is 2.54. The standard InChI is InChI=1S/C19H16FN5O6S2.C2HF3O2/c20-9-1-3-10(4-2-9)31-5-8-6-32-17-13(16(27)25(17)14(8)18(28)29)23-15(26)12(24-30)11-7-33-19(21)22-11;3-2(4,5)1(6)7/h1-4,7,13,17,30H,5-6H2,(H2,21,22)(H,23,26)(H,28,29);(H,6,7)/b24-12-;/t13?,17-;/m1./s1. The number of halogens is 4. The number of rotatable bonds is 7. The first-order chi connectivity index (χ1) is 18.7. The van der Waals surface area contributed by atoms with Crippen molar-refractivity contribution in [1.29, 1.82) is 0 Å². The number of thiazole rings is 1. The number of carboxylic acid groups (broad SMARTS) is 2. The van der Waals surface area contributed by atoms with Gasteiger partial charge in [0.25, 0.3) is 11.8 Å². The van der Waals surface area contributed by atoms with Gasteiger partial charge in [-0.2, -0.15) is 13.2 Å². The minimum Gasteiger partial charge on any atom is -0.489 e. The van der Waals surface area contributed by atoms with Crippen molar-refractivity contribution in [3.8, 4) is 5.75 Å². The molecule has 6 N–H and O–H groups in total. The molecule has 2 amide bonds. The van der Waals surface area contributed by atoms with Crippen molar-refractivity contribution in [2.45, 2.75) is 17.6 Å². The summed E-state index contributed by atoms with van der Waals surface area (Å²) in [5.74, 6) is -5.41. The lowest BCUT2D eigenvalue weighted by molar-refractivity contribution is -0.192. The van der Waals surface area contributed by atoms with Crippen LogP contribution >= 0.6 is 23.1 Å². The van der Waals surface area contributed by atoms with E-state index in [4.69, 9.17) is 20.4 Å². The number of ether oxygens (including phenoxy) is 1. The van der Waals surface area contributed by atoms with E-state index in [1.807, 2.05) is 0 Å². The molecule has 40 heavy (non-hydrogen) atoms. The zero-order valence-corrected chi connectivity index (χ0v) is 21.2. The molecule has 4 rings (SSSR count). The molecule has 1 fully saturated rings.